The normalized spacial score (nSPS) is 12.8. The maximum atomic E-state index is 8.98. The first-order valence-corrected chi connectivity index (χ1v) is 11.0. The summed E-state index contributed by atoms with van der Waals surface area (Å²) < 4.78 is 19.5. The lowest BCUT2D eigenvalue weighted by molar-refractivity contribution is 0.171. The van der Waals surface area contributed by atoms with Gasteiger partial charge in [0.2, 0.25) is 5.65 Å². The number of hydrogen-bond acceptors (Lipinski definition) is 7. The van der Waals surface area contributed by atoms with Gasteiger partial charge in [-0.3, -0.25) is 4.40 Å². The molecule has 0 saturated heterocycles. The highest BCUT2D eigenvalue weighted by Gasteiger charge is 2.15. The van der Waals surface area contributed by atoms with E-state index in [1.165, 1.54) is 0 Å². The van der Waals surface area contributed by atoms with Gasteiger partial charge in [-0.25, -0.2) is 0 Å². The molecular formula is C25H26N4O4. The summed E-state index contributed by atoms with van der Waals surface area (Å²) in [5.41, 5.74) is 6.11. The van der Waals surface area contributed by atoms with Crippen LogP contribution in [0.25, 0.3) is 16.8 Å². The molecule has 1 aliphatic rings. The lowest BCUT2D eigenvalue weighted by Gasteiger charge is -2.20. The fourth-order valence-corrected chi connectivity index (χ4v) is 4.01. The van der Waals surface area contributed by atoms with Crippen LogP contribution in [0, 0.1) is 6.92 Å². The molecule has 1 aliphatic heterocycles. The molecule has 2 N–H and O–H groups in total. The SMILES string of the molecule is Cc1c(COc2ccc(CNCCO)n3cnnc23)cccc1-c1ccc2c(c1)OCCO2. The molecule has 8 heteroatoms. The van der Waals surface area contributed by atoms with Gasteiger partial charge < -0.3 is 24.6 Å². The number of nitrogens with one attached hydrogen (secondary N) is 1. The molecule has 0 radical (unpaired) electrons. The topological polar surface area (TPSA) is 90.1 Å². The first-order chi connectivity index (χ1) is 16.2. The van der Waals surface area contributed by atoms with E-state index >= 15 is 0 Å². The van der Waals surface area contributed by atoms with E-state index in [4.69, 9.17) is 19.3 Å². The van der Waals surface area contributed by atoms with Crippen LogP contribution < -0.4 is 19.5 Å². The number of ether oxygens (including phenoxy) is 3. The van der Waals surface area contributed by atoms with Crippen LogP contribution >= 0.6 is 0 Å². The summed E-state index contributed by atoms with van der Waals surface area (Å²) in [6.45, 7) is 4.89. The molecule has 2 aromatic heterocycles. The van der Waals surface area contributed by atoms with Crippen LogP contribution in [0.15, 0.2) is 54.9 Å². The summed E-state index contributed by atoms with van der Waals surface area (Å²) in [4.78, 5) is 0. The van der Waals surface area contributed by atoms with Crippen molar-refractivity contribution < 1.29 is 19.3 Å². The minimum atomic E-state index is 0.0944. The van der Waals surface area contributed by atoms with Gasteiger partial charge in [0, 0.05) is 18.8 Å². The summed E-state index contributed by atoms with van der Waals surface area (Å²) in [5.74, 6) is 2.24. The van der Waals surface area contributed by atoms with Crippen LogP contribution in [0.2, 0.25) is 0 Å². The van der Waals surface area contributed by atoms with E-state index in [2.05, 4.69) is 40.6 Å². The number of aliphatic hydroxyl groups excluding tert-OH is 1. The summed E-state index contributed by atoms with van der Waals surface area (Å²) in [5, 5.41) is 20.4. The summed E-state index contributed by atoms with van der Waals surface area (Å²) in [6.07, 6.45) is 1.67. The van der Waals surface area contributed by atoms with E-state index in [9.17, 15) is 0 Å². The average Bonchev–Trinajstić information content (AvgIpc) is 3.35. The molecular weight excluding hydrogens is 420 g/mol. The number of aliphatic hydroxyl groups is 1. The number of pyridine rings is 1. The number of fused-ring (bicyclic) bond motifs is 2. The van der Waals surface area contributed by atoms with Gasteiger partial charge in [0.15, 0.2) is 17.2 Å². The third-order valence-corrected chi connectivity index (χ3v) is 5.78. The Morgan fingerprint density at radius 2 is 1.97 bits per heavy atom. The second-order valence-electron chi connectivity index (χ2n) is 7.85. The zero-order valence-corrected chi connectivity index (χ0v) is 18.5. The van der Waals surface area contributed by atoms with Crippen LogP contribution in [-0.2, 0) is 13.2 Å². The van der Waals surface area contributed by atoms with E-state index in [0.29, 0.717) is 44.3 Å². The molecule has 2 aromatic carbocycles. The van der Waals surface area contributed by atoms with Crippen LogP contribution in [0.1, 0.15) is 16.8 Å². The van der Waals surface area contributed by atoms with Crippen molar-refractivity contribution in [2.24, 2.45) is 0 Å². The van der Waals surface area contributed by atoms with Crippen molar-refractivity contribution in [2.75, 3.05) is 26.4 Å². The molecule has 170 valence electrons. The molecule has 5 rings (SSSR count). The van der Waals surface area contributed by atoms with Gasteiger partial charge in [0.25, 0.3) is 0 Å². The van der Waals surface area contributed by atoms with E-state index in [0.717, 1.165) is 39.4 Å². The molecule has 0 fully saturated rings. The Morgan fingerprint density at radius 1 is 1.09 bits per heavy atom. The van der Waals surface area contributed by atoms with Gasteiger partial charge in [-0.2, -0.15) is 0 Å². The molecule has 33 heavy (non-hydrogen) atoms. The predicted octanol–water partition coefficient (Wildman–Crippen LogP) is 3.14. The largest absolute Gasteiger partial charge is 0.486 e. The van der Waals surface area contributed by atoms with Gasteiger partial charge in [0.1, 0.15) is 26.1 Å². The first-order valence-electron chi connectivity index (χ1n) is 11.0. The third kappa shape index (κ3) is 4.35. The van der Waals surface area contributed by atoms with Crippen molar-refractivity contribution in [1.82, 2.24) is 19.9 Å². The lowest BCUT2D eigenvalue weighted by atomic mass is 9.96. The average molecular weight is 447 g/mol. The predicted molar refractivity (Wildman–Crippen MR) is 124 cm³/mol. The van der Waals surface area contributed by atoms with E-state index in [1.807, 2.05) is 34.7 Å². The van der Waals surface area contributed by atoms with Crippen LogP contribution in [0.5, 0.6) is 17.2 Å². The Balaban J connectivity index is 1.36. The first kappa shape index (κ1) is 21.2. The van der Waals surface area contributed by atoms with Crippen LogP contribution in [0.3, 0.4) is 0 Å². The minimum absolute atomic E-state index is 0.0944. The van der Waals surface area contributed by atoms with Gasteiger partial charge in [-0.15, -0.1) is 10.2 Å². The van der Waals surface area contributed by atoms with Gasteiger partial charge in [-0.1, -0.05) is 24.3 Å². The summed E-state index contributed by atoms with van der Waals surface area (Å²) in [6, 6.07) is 16.2. The van der Waals surface area contributed by atoms with Gasteiger partial charge >= 0.3 is 0 Å². The number of benzene rings is 2. The minimum Gasteiger partial charge on any atom is -0.486 e. The van der Waals surface area contributed by atoms with Crippen molar-refractivity contribution in [3.05, 3.63) is 71.7 Å². The highest BCUT2D eigenvalue weighted by molar-refractivity contribution is 5.71. The van der Waals surface area contributed by atoms with Crippen LogP contribution in [-0.4, -0.2) is 46.1 Å². The summed E-state index contributed by atoms with van der Waals surface area (Å²) >= 11 is 0. The molecule has 3 heterocycles. The molecule has 0 amide bonds. The molecule has 0 bridgehead atoms. The smallest absolute Gasteiger partial charge is 0.203 e. The Morgan fingerprint density at radius 3 is 2.85 bits per heavy atom. The van der Waals surface area contributed by atoms with Crippen molar-refractivity contribution in [3.8, 4) is 28.4 Å². The Kier molecular flexibility index (Phi) is 6.10. The monoisotopic (exact) mass is 446 g/mol. The molecule has 0 aliphatic carbocycles. The summed E-state index contributed by atoms with van der Waals surface area (Å²) in [7, 11) is 0. The molecule has 0 atom stereocenters. The molecule has 0 saturated carbocycles. The van der Waals surface area contributed by atoms with Gasteiger partial charge in [-0.05, 0) is 53.4 Å². The second kappa shape index (κ2) is 9.48. The fraction of sp³-hybridized carbons (Fsp3) is 0.280. The maximum Gasteiger partial charge on any atom is 0.203 e. The Labute approximate surface area is 191 Å². The third-order valence-electron chi connectivity index (χ3n) is 5.78. The van der Waals surface area contributed by atoms with Crippen molar-refractivity contribution in [3.63, 3.8) is 0 Å². The molecule has 0 unspecified atom stereocenters. The van der Waals surface area contributed by atoms with E-state index in [-0.39, 0.29) is 6.61 Å². The van der Waals surface area contributed by atoms with Gasteiger partial charge in [0.05, 0.1) is 6.61 Å². The highest BCUT2D eigenvalue weighted by atomic mass is 16.6. The second-order valence-corrected chi connectivity index (χ2v) is 7.85. The Hall–Kier alpha value is -3.62. The number of aromatic nitrogens is 3. The molecule has 0 spiro atoms. The fourth-order valence-electron chi connectivity index (χ4n) is 4.01. The molecule has 8 nitrogen and oxygen atoms in total. The van der Waals surface area contributed by atoms with E-state index < -0.39 is 0 Å². The van der Waals surface area contributed by atoms with Crippen molar-refractivity contribution in [1.29, 1.82) is 0 Å². The Bertz CT molecular complexity index is 1270. The van der Waals surface area contributed by atoms with E-state index in [1.54, 1.807) is 6.33 Å². The zero-order chi connectivity index (χ0) is 22.6. The highest BCUT2D eigenvalue weighted by Crippen LogP contribution is 2.36. The quantitative estimate of drug-likeness (QED) is 0.402. The number of hydrogen-bond donors (Lipinski definition) is 2. The number of rotatable bonds is 8. The van der Waals surface area contributed by atoms with Crippen LogP contribution in [0.4, 0.5) is 0 Å². The number of nitrogens with zero attached hydrogens (tertiary/aromatic N) is 3. The molecule has 4 aromatic rings. The standard InChI is InChI=1S/C25H26N4O4/c1-17-19(3-2-4-21(17)18-5-7-22-24(13-18)32-12-11-31-22)15-33-23-8-6-20(14-26-9-10-30)29-16-27-28-25(23)29/h2-8,13,16,26,30H,9-12,14-15H2,1H3. The zero-order valence-electron chi connectivity index (χ0n) is 18.5. The maximum absolute atomic E-state index is 8.98. The lowest BCUT2D eigenvalue weighted by Crippen LogP contribution is -2.19. The van der Waals surface area contributed by atoms with Crippen molar-refractivity contribution in [2.45, 2.75) is 20.1 Å². The van der Waals surface area contributed by atoms with Crippen molar-refractivity contribution >= 4 is 5.65 Å².